The van der Waals surface area contributed by atoms with Crippen LogP contribution < -0.4 is 4.90 Å². The van der Waals surface area contributed by atoms with Crippen molar-refractivity contribution in [2.75, 3.05) is 24.7 Å². The number of likely N-dealkylation sites (tertiary alicyclic amines) is 1. The number of hydrogen-bond donors (Lipinski definition) is 1. The smallest absolute Gasteiger partial charge is 0.311 e. The fourth-order valence-electron chi connectivity index (χ4n) is 6.57. The van der Waals surface area contributed by atoms with Crippen LogP contribution in [0.4, 0.5) is 5.69 Å². The van der Waals surface area contributed by atoms with Crippen LogP contribution >= 0.6 is 23.4 Å². The molecule has 1 spiro atoms. The molecule has 4 aliphatic heterocycles. The van der Waals surface area contributed by atoms with E-state index < -0.39 is 39.4 Å². The van der Waals surface area contributed by atoms with Crippen LogP contribution in [0.25, 0.3) is 0 Å². The first kappa shape index (κ1) is 27.3. The summed E-state index contributed by atoms with van der Waals surface area (Å²) in [7, 11) is 0. The van der Waals surface area contributed by atoms with Crippen molar-refractivity contribution in [3.63, 3.8) is 0 Å². The molecular formula is C29H35ClN2O5S. The van der Waals surface area contributed by atoms with E-state index in [-0.39, 0.29) is 24.3 Å². The maximum absolute atomic E-state index is 14.5. The van der Waals surface area contributed by atoms with Crippen LogP contribution in [-0.2, 0) is 19.1 Å². The number of cyclic esters (lactones) is 1. The van der Waals surface area contributed by atoms with Gasteiger partial charge < -0.3 is 19.6 Å². The number of thioether (sulfide) groups is 1. The molecule has 4 heterocycles. The summed E-state index contributed by atoms with van der Waals surface area (Å²) in [6.07, 6.45) is 10.6. The molecule has 1 aromatic rings. The number of aliphatic hydroxyl groups excluding tert-OH is 1. The highest BCUT2D eigenvalue weighted by Crippen LogP contribution is 2.65. The number of hydrogen-bond acceptors (Lipinski definition) is 6. The van der Waals surface area contributed by atoms with Crippen LogP contribution in [0.15, 0.2) is 48.6 Å². The van der Waals surface area contributed by atoms with Crippen LogP contribution in [0.3, 0.4) is 0 Å². The molecule has 38 heavy (non-hydrogen) atoms. The number of esters is 1. The van der Waals surface area contributed by atoms with Gasteiger partial charge >= 0.3 is 5.97 Å². The van der Waals surface area contributed by atoms with Crippen molar-refractivity contribution in [3.05, 3.63) is 53.6 Å². The maximum Gasteiger partial charge on any atom is 0.311 e. The highest BCUT2D eigenvalue weighted by molar-refractivity contribution is 8.02. The van der Waals surface area contributed by atoms with Gasteiger partial charge in [-0.15, -0.1) is 11.8 Å². The number of carbonyl (C=O) groups excluding carboxylic acids is 3. The molecule has 7 nitrogen and oxygen atoms in total. The van der Waals surface area contributed by atoms with Gasteiger partial charge in [0, 0.05) is 22.0 Å². The number of halogens is 1. The van der Waals surface area contributed by atoms with E-state index >= 15 is 0 Å². The molecule has 5 rings (SSSR count). The Bertz CT molecular complexity index is 1170. The van der Waals surface area contributed by atoms with Gasteiger partial charge in [0.2, 0.25) is 5.91 Å². The summed E-state index contributed by atoms with van der Waals surface area (Å²) in [5.41, 5.74) is 0.676. The average molecular weight is 559 g/mol. The van der Waals surface area contributed by atoms with E-state index in [9.17, 15) is 19.5 Å². The maximum atomic E-state index is 14.5. The minimum Gasteiger partial charge on any atom is -0.465 e. The van der Waals surface area contributed by atoms with Gasteiger partial charge in [-0.2, -0.15) is 0 Å². The van der Waals surface area contributed by atoms with Crippen molar-refractivity contribution >= 4 is 46.8 Å². The number of nitrogens with zero attached hydrogens (tertiary/aromatic N) is 2. The second-order valence-electron chi connectivity index (χ2n) is 11.1. The Balaban J connectivity index is 1.68. The standard InChI is InChI=1S/C29H35ClN2O5S/c1-18(2)21(17-33)32-24-26(35)31(20-11-9-19(30)10-12-20)15-8-14-29(24)22(25(32)34)23-27(36)37-16-7-5-4-6-13-28(23,3)38-29/h6,8-14,18,21-24,33H,4-5,7,15-17H2,1-3H3/b13-6-/t21-,22-,23+,24?,28-,29-/m0/s1. The molecule has 2 saturated heterocycles. The number of allylic oxidation sites excluding steroid dienone is 1. The molecular weight excluding hydrogens is 524 g/mol. The largest absolute Gasteiger partial charge is 0.465 e. The van der Waals surface area contributed by atoms with Crippen molar-refractivity contribution in [2.24, 2.45) is 17.8 Å². The van der Waals surface area contributed by atoms with Gasteiger partial charge in [-0.25, -0.2) is 0 Å². The first-order chi connectivity index (χ1) is 18.1. The molecule has 0 saturated carbocycles. The average Bonchev–Trinajstić information content (AvgIpc) is 3.20. The van der Waals surface area contributed by atoms with Gasteiger partial charge in [-0.1, -0.05) is 49.8 Å². The Morgan fingerprint density at radius 3 is 2.50 bits per heavy atom. The Morgan fingerprint density at radius 2 is 1.82 bits per heavy atom. The van der Waals surface area contributed by atoms with E-state index in [0.717, 1.165) is 19.3 Å². The Kier molecular flexibility index (Phi) is 7.44. The Hall–Kier alpha value is -2.29. The lowest BCUT2D eigenvalue weighted by atomic mass is 9.74. The molecule has 1 unspecified atom stereocenters. The van der Waals surface area contributed by atoms with E-state index in [4.69, 9.17) is 16.3 Å². The van der Waals surface area contributed by atoms with E-state index in [2.05, 4.69) is 6.08 Å². The number of aliphatic hydroxyl groups is 1. The number of carbonyl (C=O) groups is 3. The first-order valence-electron chi connectivity index (χ1n) is 13.4. The van der Waals surface area contributed by atoms with E-state index in [0.29, 0.717) is 23.9 Å². The topological polar surface area (TPSA) is 87.2 Å². The molecule has 0 bridgehead atoms. The summed E-state index contributed by atoms with van der Waals surface area (Å²) in [5, 5.41) is 11.0. The number of ether oxygens (including phenoxy) is 1. The fourth-order valence-corrected chi connectivity index (χ4v) is 8.83. The summed E-state index contributed by atoms with van der Waals surface area (Å²) in [6, 6.07) is 5.59. The van der Waals surface area contributed by atoms with E-state index in [1.165, 1.54) is 11.8 Å². The monoisotopic (exact) mass is 558 g/mol. The molecule has 9 heteroatoms. The molecule has 4 aliphatic rings. The third kappa shape index (κ3) is 4.29. The van der Waals surface area contributed by atoms with Crippen LogP contribution in [-0.4, -0.2) is 69.1 Å². The zero-order valence-electron chi connectivity index (χ0n) is 22.0. The third-order valence-corrected chi connectivity index (χ3v) is 10.4. The summed E-state index contributed by atoms with van der Waals surface area (Å²) in [4.78, 5) is 45.8. The quantitative estimate of drug-likeness (QED) is 0.439. The van der Waals surface area contributed by atoms with Gasteiger partial charge in [0.25, 0.3) is 5.91 Å². The summed E-state index contributed by atoms with van der Waals surface area (Å²) in [5.74, 6) is -2.56. The van der Waals surface area contributed by atoms with Crippen LogP contribution in [0.2, 0.25) is 5.02 Å². The minimum atomic E-state index is -0.992. The molecule has 2 fully saturated rings. The SMILES string of the molecule is CC(C)[C@H](CO)N1C(=O)[C@@H]2[C@@H]3C(=O)OCCCC/C=C\[C@]3(C)S[C@@]23C=CCN(c2ccc(Cl)cc2)C(=O)C13. The van der Waals surface area contributed by atoms with Gasteiger partial charge in [-0.05, 0) is 56.4 Å². The van der Waals surface area contributed by atoms with Crippen molar-refractivity contribution < 1.29 is 24.2 Å². The molecule has 0 aliphatic carbocycles. The Morgan fingerprint density at radius 1 is 1.08 bits per heavy atom. The predicted octanol–water partition coefficient (Wildman–Crippen LogP) is 4.23. The molecule has 1 N–H and O–H groups in total. The third-order valence-electron chi connectivity index (χ3n) is 8.39. The number of amides is 2. The van der Waals surface area contributed by atoms with Crippen LogP contribution in [0, 0.1) is 17.8 Å². The molecule has 6 atom stereocenters. The van der Waals surface area contributed by atoms with Gasteiger partial charge in [0.05, 0.1) is 35.8 Å². The fraction of sp³-hybridized carbons (Fsp3) is 0.552. The molecule has 2 amide bonds. The van der Waals surface area contributed by atoms with Crippen molar-refractivity contribution in [1.29, 1.82) is 0 Å². The normalized spacial score (nSPS) is 34.9. The van der Waals surface area contributed by atoms with Gasteiger partial charge in [0.15, 0.2) is 0 Å². The second kappa shape index (κ2) is 10.4. The zero-order valence-corrected chi connectivity index (χ0v) is 23.6. The number of benzene rings is 1. The van der Waals surface area contributed by atoms with Gasteiger partial charge in [-0.3, -0.25) is 14.4 Å². The van der Waals surface area contributed by atoms with Crippen LogP contribution in [0.1, 0.15) is 40.0 Å². The lowest BCUT2D eigenvalue weighted by Crippen LogP contribution is -2.58. The van der Waals surface area contributed by atoms with Crippen molar-refractivity contribution in [1.82, 2.24) is 4.90 Å². The number of rotatable bonds is 4. The second-order valence-corrected chi connectivity index (χ2v) is 13.4. The first-order valence-corrected chi connectivity index (χ1v) is 14.6. The molecule has 204 valence electrons. The van der Waals surface area contributed by atoms with Crippen molar-refractivity contribution in [2.45, 2.75) is 61.6 Å². The van der Waals surface area contributed by atoms with E-state index in [1.807, 2.05) is 39.0 Å². The summed E-state index contributed by atoms with van der Waals surface area (Å²) >= 11 is 7.63. The summed E-state index contributed by atoms with van der Waals surface area (Å²) < 4.78 is 4.00. The van der Waals surface area contributed by atoms with Gasteiger partial charge in [0.1, 0.15) is 6.04 Å². The molecule has 0 aromatic heterocycles. The van der Waals surface area contributed by atoms with E-state index in [1.54, 1.807) is 34.1 Å². The lowest BCUT2D eigenvalue weighted by molar-refractivity contribution is -0.155. The predicted molar refractivity (Wildman–Crippen MR) is 149 cm³/mol. The minimum absolute atomic E-state index is 0.101. The number of anilines is 1. The molecule has 1 aromatic carbocycles. The molecule has 0 radical (unpaired) electrons. The summed E-state index contributed by atoms with van der Waals surface area (Å²) in [6.45, 7) is 6.20. The van der Waals surface area contributed by atoms with Crippen molar-refractivity contribution in [3.8, 4) is 0 Å². The zero-order chi connectivity index (χ0) is 27.2. The Labute approximate surface area is 233 Å². The highest BCUT2D eigenvalue weighted by Gasteiger charge is 2.74. The number of fused-ring (bicyclic) bond motifs is 2. The van der Waals surface area contributed by atoms with Crippen LogP contribution in [0.5, 0.6) is 0 Å². The highest BCUT2D eigenvalue weighted by atomic mass is 35.5. The lowest BCUT2D eigenvalue weighted by Gasteiger charge is -2.41.